The maximum atomic E-state index is 14.5. The molecule has 2 nitrogen and oxygen atoms in total. The van der Waals surface area contributed by atoms with Crippen molar-refractivity contribution in [1.82, 2.24) is 5.43 Å². The molecular weight excluding hydrogens is 331 g/mol. The van der Waals surface area contributed by atoms with Crippen molar-refractivity contribution in [1.29, 1.82) is 0 Å². The fourth-order valence-corrected chi connectivity index (χ4v) is 6.06. The van der Waals surface area contributed by atoms with Gasteiger partial charge in [0.05, 0.1) is 10.5 Å². The highest BCUT2D eigenvalue weighted by Gasteiger charge is 2.50. The summed E-state index contributed by atoms with van der Waals surface area (Å²) in [5.41, 5.74) is 3.68. The van der Waals surface area contributed by atoms with Crippen LogP contribution in [0, 0.1) is 35.4 Å². The minimum absolute atomic E-state index is 0.0579. The van der Waals surface area contributed by atoms with E-state index in [4.69, 9.17) is 5.84 Å². The smallest absolute Gasteiger partial charge is 0.142 e. The molecule has 1 aromatic rings. The number of hydrogen-bond acceptors (Lipinski definition) is 2. The number of hydrogen-bond donors (Lipinski definition) is 2. The maximum absolute atomic E-state index is 14.5. The summed E-state index contributed by atoms with van der Waals surface area (Å²) >= 11 is 3.30. The molecule has 0 amide bonds. The summed E-state index contributed by atoms with van der Waals surface area (Å²) in [6, 6.07) is 5.49. The van der Waals surface area contributed by atoms with Gasteiger partial charge in [-0.3, -0.25) is 11.3 Å². The van der Waals surface area contributed by atoms with Gasteiger partial charge in [0.15, 0.2) is 0 Å². The lowest BCUT2D eigenvalue weighted by molar-refractivity contribution is -0.0530. The number of benzene rings is 1. The molecule has 4 aliphatic carbocycles. The number of nitrogens with one attached hydrogen (secondary N) is 1. The Kier molecular flexibility index (Phi) is 3.59. The van der Waals surface area contributed by atoms with Gasteiger partial charge in [0.25, 0.3) is 0 Å². The van der Waals surface area contributed by atoms with Crippen LogP contribution in [0.3, 0.4) is 0 Å². The third kappa shape index (κ3) is 2.27. The zero-order chi connectivity index (χ0) is 14.6. The summed E-state index contributed by atoms with van der Waals surface area (Å²) < 4.78 is 15.0. The molecule has 4 saturated carbocycles. The lowest BCUT2D eigenvalue weighted by atomic mass is 9.50. The summed E-state index contributed by atoms with van der Waals surface area (Å²) in [4.78, 5) is 0. The Morgan fingerprint density at radius 1 is 1.10 bits per heavy atom. The van der Waals surface area contributed by atoms with Crippen LogP contribution in [0.5, 0.6) is 0 Å². The van der Waals surface area contributed by atoms with Gasteiger partial charge in [-0.2, -0.15) is 0 Å². The quantitative estimate of drug-likeness (QED) is 0.632. The molecule has 4 fully saturated rings. The molecule has 4 aliphatic rings. The molecule has 1 atom stereocenters. The van der Waals surface area contributed by atoms with Crippen LogP contribution in [0.4, 0.5) is 4.39 Å². The van der Waals surface area contributed by atoms with Crippen molar-refractivity contribution in [2.45, 2.75) is 38.1 Å². The molecular formula is C17H22BrFN2. The number of nitrogens with two attached hydrogens (primary N) is 1. The Labute approximate surface area is 133 Å². The number of halogens is 2. The van der Waals surface area contributed by atoms with Gasteiger partial charge in [-0.25, -0.2) is 4.39 Å². The van der Waals surface area contributed by atoms with E-state index in [1.807, 2.05) is 12.1 Å². The Balaban J connectivity index is 1.68. The second-order valence-electron chi connectivity index (χ2n) is 7.30. The zero-order valence-corrected chi connectivity index (χ0v) is 13.7. The first kappa shape index (κ1) is 14.2. The molecule has 0 saturated heterocycles. The van der Waals surface area contributed by atoms with Gasteiger partial charge in [0.1, 0.15) is 5.82 Å². The molecule has 0 radical (unpaired) electrons. The van der Waals surface area contributed by atoms with E-state index < -0.39 is 0 Å². The van der Waals surface area contributed by atoms with Crippen LogP contribution in [0.15, 0.2) is 22.7 Å². The topological polar surface area (TPSA) is 38.0 Å². The van der Waals surface area contributed by atoms with E-state index in [9.17, 15) is 4.39 Å². The van der Waals surface area contributed by atoms with E-state index in [1.54, 1.807) is 6.07 Å². The summed E-state index contributed by atoms with van der Waals surface area (Å²) in [5.74, 6) is 9.50. The third-order valence-corrected chi connectivity index (χ3v) is 6.79. The molecule has 0 aromatic heterocycles. The Bertz CT molecular complexity index is 520. The molecule has 4 bridgehead atoms. The van der Waals surface area contributed by atoms with Crippen LogP contribution < -0.4 is 11.3 Å². The molecule has 3 N–H and O–H groups in total. The average molecular weight is 353 g/mol. The Morgan fingerprint density at radius 3 is 2.29 bits per heavy atom. The van der Waals surface area contributed by atoms with Crippen LogP contribution in [0.2, 0.25) is 0 Å². The summed E-state index contributed by atoms with van der Waals surface area (Å²) in [7, 11) is 0. The van der Waals surface area contributed by atoms with Crippen molar-refractivity contribution in [2.75, 3.05) is 0 Å². The second-order valence-corrected chi connectivity index (χ2v) is 8.15. The first-order chi connectivity index (χ1) is 10.2. The van der Waals surface area contributed by atoms with Crippen molar-refractivity contribution < 1.29 is 4.39 Å². The lowest BCUT2D eigenvalue weighted by Gasteiger charge is -2.56. The van der Waals surface area contributed by atoms with Gasteiger partial charge in [-0.05, 0) is 83.7 Å². The molecule has 1 unspecified atom stereocenters. The molecule has 4 heteroatoms. The van der Waals surface area contributed by atoms with E-state index in [2.05, 4.69) is 21.4 Å². The monoisotopic (exact) mass is 352 g/mol. The van der Waals surface area contributed by atoms with Gasteiger partial charge >= 0.3 is 0 Å². The fraction of sp³-hybridized carbons (Fsp3) is 0.647. The van der Waals surface area contributed by atoms with E-state index in [1.165, 1.54) is 32.1 Å². The minimum Gasteiger partial charge on any atom is -0.271 e. The van der Waals surface area contributed by atoms with Crippen molar-refractivity contribution >= 4 is 15.9 Å². The predicted molar refractivity (Wildman–Crippen MR) is 84.7 cm³/mol. The molecule has 5 rings (SSSR count). The SMILES string of the molecule is NNC(c1cccc(Br)c1F)C1C2CC3CC(C2)CC1C3. The van der Waals surface area contributed by atoms with Gasteiger partial charge in [0.2, 0.25) is 0 Å². The molecule has 0 heterocycles. The maximum Gasteiger partial charge on any atom is 0.142 e. The van der Waals surface area contributed by atoms with Crippen LogP contribution in [0.1, 0.15) is 43.7 Å². The largest absolute Gasteiger partial charge is 0.271 e. The van der Waals surface area contributed by atoms with E-state index in [-0.39, 0.29) is 11.9 Å². The summed E-state index contributed by atoms with van der Waals surface area (Å²) in [6.45, 7) is 0. The first-order valence-electron chi connectivity index (χ1n) is 8.07. The Hall–Kier alpha value is -0.450. The summed E-state index contributed by atoms with van der Waals surface area (Å²) in [6.07, 6.45) is 6.74. The average Bonchev–Trinajstić information content (AvgIpc) is 2.46. The van der Waals surface area contributed by atoms with Gasteiger partial charge in [-0.15, -0.1) is 0 Å². The van der Waals surface area contributed by atoms with Crippen molar-refractivity contribution in [2.24, 2.45) is 35.4 Å². The standard InChI is InChI=1S/C17H22BrFN2/c18-14-3-1-2-13(16(14)19)17(21-20)15-11-5-9-4-10(7-11)8-12(15)6-9/h1-3,9-12,15,17,21H,4-8,20H2. The molecule has 1 aromatic carbocycles. The van der Waals surface area contributed by atoms with Crippen LogP contribution in [-0.2, 0) is 0 Å². The molecule has 0 spiro atoms. The molecule has 21 heavy (non-hydrogen) atoms. The fourth-order valence-electron chi connectivity index (χ4n) is 5.68. The minimum atomic E-state index is -0.158. The first-order valence-corrected chi connectivity index (χ1v) is 8.86. The molecule has 0 aliphatic heterocycles. The van der Waals surface area contributed by atoms with E-state index >= 15 is 0 Å². The van der Waals surface area contributed by atoms with Crippen molar-refractivity contribution in [3.8, 4) is 0 Å². The summed E-state index contributed by atoms with van der Waals surface area (Å²) in [5, 5.41) is 0. The normalized spacial score (nSPS) is 38.7. The van der Waals surface area contributed by atoms with Crippen molar-refractivity contribution in [3.63, 3.8) is 0 Å². The number of rotatable bonds is 3. The van der Waals surface area contributed by atoms with Gasteiger partial charge in [-0.1, -0.05) is 12.1 Å². The van der Waals surface area contributed by atoms with E-state index in [0.29, 0.717) is 10.4 Å². The van der Waals surface area contributed by atoms with Crippen molar-refractivity contribution in [3.05, 3.63) is 34.1 Å². The molecule has 114 valence electrons. The second kappa shape index (κ2) is 5.32. The van der Waals surface area contributed by atoms with Crippen LogP contribution in [0.25, 0.3) is 0 Å². The Morgan fingerprint density at radius 2 is 1.71 bits per heavy atom. The number of hydrazine groups is 1. The van der Waals surface area contributed by atoms with Gasteiger partial charge in [0, 0.05) is 5.56 Å². The predicted octanol–water partition coefficient (Wildman–Crippen LogP) is 4.16. The van der Waals surface area contributed by atoms with E-state index in [0.717, 1.165) is 29.2 Å². The lowest BCUT2D eigenvalue weighted by Crippen LogP contribution is -2.50. The zero-order valence-electron chi connectivity index (χ0n) is 12.1. The highest BCUT2D eigenvalue weighted by Crippen LogP contribution is 2.59. The highest BCUT2D eigenvalue weighted by molar-refractivity contribution is 9.10. The van der Waals surface area contributed by atoms with Gasteiger partial charge < -0.3 is 0 Å². The highest BCUT2D eigenvalue weighted by atomic mass is 79.9. The third-order valence-electron chi connectivity index (χ3n) is 6.18. The van der Waals surface area contributed by atoms with Crippen LogP contribution >= 0.6 is 15.9 Å². The van der Waals surface area contributed by atoms with Crippen LogP contribution in [-0.4, -0.2) is 0 Å².